The molecule has 0 bridgehead atoms. The maximum atomic E-state index is 12.0. The summed E-state index contributed by atoms with van der Waals surface area (Å²) >= 11 is 13.0. The molecular weight excluding hydrogens is 319 g/mol. The number of benzene rings is 1. The van der Waals surface area contributed by atoms with Gasteiger partial charge in [0.25, 0.3) is 0 Å². The highest BCUT2D eigenvalue weighted by Crippen LogP contribution is 2.22. The highest BCUT2D eigenvalue weighted by Gasteiger charge is 2.13. The lowest BCUT2D eigenvalue weighted by Crippen LogP contribution is -2.13. The van der Waals surface area contributed by atoms with Crippen LogP contribution in [-0.2, 0) is 4.79 Å². The molecular formula is C13H10Cl2N2O2S. The second kappa shape index (κ2) is 6.83. The molecule has 2 aromatic rings. The van der Waals surface area contributed by atoms with Gasteiger partial charge in [0.2, 0.25) is 5.91 Å². The number of halogens is 2. The first kappa shape index (κ1) is 15.0. The summed E-state index contributed by atoms with van der Waals surface area (Å²) in [4.78, 5) is 27.5. The quantitative estimate of drug-likeness (QED) is 0.842. The van der Waals surface area contributed by atoms with Crippen molar-refractivity contribution in [2.75, 3.05) is 5.32 Å². The van der Waals surface area contributed by atoms with Gasteiger partial charge in [-0.2, -0.15) is 0 Å². The maximum Gasteiger partial charge on any atom is 0.226 e. The van der Waals surface area contributed by atoms with Gasteiger partial charge >= 0.3 is 0 Å². The molecule has 1 N–H and O–H groups in total. The first-order valence-corrected chi connectivity index (χ1v) is 7.37. The Bertz CT molecular complexity index is 629. The lowest BCUT2D eigenvalue weighted by atomic mass is 10.1. The summed E-state index contributed by atoms with van der Waals surface area (Å²) in [6, 6.07) is 4.66. The molecule has 20 heavy (non-hydrogen) atoms. The lowest BCUT2D eigenvalue weighted by Gasteiger charge is -2.04. The Morgan fingerprint density at radius 3 is 2.70 bits per heavy atom. The van der Waals surface area contributed by atoms with Crippen molar-refractivity contribution in [2.45, 2.75) is 12.8 Å². The molecule has 0 spiro atoms. The van der Waals surface area contributed by atoms with E-state index in [0.717, 1.165) is 0 Å². The number of hydrogen-bond donors (Lipinski definition) is 1. The minimum absolute atomic E-state index is 0.0807. The third kappa shape index (κ3) is 4.03. The molecule has 0 radical (unpaired) electrons. The molecule has 2 rings (SSSR count). The third-order valence-corrected chi connectivity index (χ3v) is 3.73. The molecule has 0 atom stereocenters. The molecule has 0 saturated carbocycles. The number of nitrogens with one attached hydrogen (secondary N) is 1. The first-order valence-electron chi connectivity index (χ1n) is 5.74. The number of nitrogens with zero attached hydrogens (tertiary/aromatic N) is 1. The number of aromatic nitrogens is 1. The van der Waals surface area contributed by atoms with E-state index in [9.17, 15) is 9.59 Å². The number of carbonyl (C=O) groups is 2. The molecule has 104 valence electrons. The number of thiazole rings is 1. The van der Waals surface area contributed by atoms with E-state index in [1.807, 2.05) is 0 Å². The van der Waals surface area contributed by atoms with Gasteiger partial charge in [-0.25, -0.2) is 4.98 Å². The summed E-state index contributed by atoms with van der Waals surface area (Å²) in [6.07, 6.45) is 1.76. The highest BCUT2D eigenvalue weighted by atomic mass is 35.5. The van der Waals surface area contributed by atoms with Crippen molar-refractivity contribution in [3.63, 3.8) is 0 Å². The highest BCUT2D eigenvalue weighted by molar-refractivity contribution is 7.13. The number of rotatable bonds is 5. The molecule has 0 saturated heterocycles. The second-order valence-electron chi connectivity index (χ2n) is 3.93. The van der Waals surface area contributed by atoms with Crippen LogP contribution in [0.25, 0.3) is 0 Å². The minimum Gasteiger partial charge on any atom is -0.302 e. The van der Waals surface area contributed by atoms with Crippen LogP contribution in [0.2, 0.25) is 10.0 Å². The largest absolute Gasteiger partial charge is 0.302 e. The van der Waals surface area contributed by atoms with Crippen LogP contribution in [0.1, 0.15) is 23.2 Å². The summed E-state index contributed by atoms with van der Waals surface area (Å²) in [5, 5.41) is 5.65. The van der Waals surface area contributed by atoms with E-state index >= 15 is 0 Å². The summed E-state index contributed by atoms with van der Waals surface area (Å²) in [7, 11) is 0. The number of ketones is 1. The molecule has 0 aliphatic heterocycles. The second-order valence-corrected chi connectivity index (χ2v) is 5.67. The van der Waals surface area contributed by atoms with E-state index in [-0.39, 0.29) is 24.5 Å². The Balaban J connectivity index is 1.90. The van der Waals surface area contributed by atoms with Gasteiger partial charge in [0.15, 0.2) is 10.9 Å². The van der Waals surface area contributed by atoms with E-state index in [0.29, 0.717) is 20.7 Å². The Kier molecular flexibility index (Phi) is 5.11. The Morgan fingerprint density at radius 2 is 2.05 bits per heavy atom. The number of Topliss-reactive ketones (excluding diaryl/α,β-unsaturated/α-hetero) is 1. The molecule has 0 aliphatic carbocycles. The van der Waals surface area contributed by atoms with Gasteiger partial charge in [-0.15, -0.1) is 11.3 Å². The average molecular weight is 329 g/mol. The monoisotopic (exact) mass is 328 g/mol. The molecule has 1 amide bonds. The molecule has 1 aromatic carbocycles. The van der Waals surface area contributed by atoms with Crippen LogP contribution in [0.4, 0.5) is 5.13 Å². The number of anilines is 1. The van der Waals surface area contributed by atoms with Gasteiger partial charge in [-0.05, 0) is 18.2 Å². The predicted molar refractivity (Wildman–Crippen MR) is 80.8 cm³/mol. The summed E-state index contributed by atoms with van der Waals surface area (Å²) < 4.78 is 0. The van der Waals surface area contributed by atoms with E-state index in [1.165, 1.54) is 17.4 Å². The number of carbonyl (C=O) groups excluding carboxylic acids is 2. The Labute approximate surface area is 129 Å². The molecule has 0 unspecified atom stereocenters. The topological polar surface area (TPSA) is 59.1 Å². The Morgan fingerprint density at radius 1 is 1.25 bits per heavy atom. The van der Waals surface area contributed by atoms with Crippen LogP contribution in [0.3, 0.4) is 0 Å². The van der Waals surface area contributed by atoms with Crippen molar-refractivity contribution in [3.8, 4) is 0 Å². The SMILES string of the molecule is O=C(CCC(=O)c1ccc(Cl)cc1Cl)Nc1nccs1. The zero-order valence-corrected chi connectivity index (χ0v) is 12.6. The molecule has 0 aliphatic rings. The van der Waals surface area contributed by atoms with Gasteiger partial charge in [-0.3, -0.25) is 9.59 Å². The van der Waals surface area contributed by atoms with Crippen molar-refractivity contribution < 1.29 is 9.59 Å². The van der Waals surface area contributed by atoms with Gasteiger partial charge in [0.1, 0.15) is 0 Å². The van der Waals surface area contributed by atoms with E-state index < -0.39 is 0 Å². The molecule has 1 aromatic heterocycles. The molecule has 1 heterocycles. The van der Waals surface area contributed by atoms with Crippen LogP contribution in [-0.4, -0.2) is 16.7 Å². The number of hydrogen-bond acceptors (Lipinski definition) is 4. The summed E-state index contributed by atoms with van der Waals surface area (Å²) in [5.74, 6) is -0.445. The molecule has 0 fully saturated rings. The van der Waals surface area contributed by atoms with Crippen LogP contribution in [0.15, 0.2) is 29.8 Å². The van der Waals surface area contributed by atoms with Gasteiger partial charge in [0, 0.05) is 35.0 Å². The summed E-state index contributed by atoms with van der Waals surface area (Å²) in [6.45, 7) is 0. The smallest absolute Gasteiger partial charge is 0.226 e. The van der Waals surface area contributed by atoms with Crippen molar-refractivity contribution in [1.29, 1.82) is 0 Å². The maximum absolute atomic E-state index is 12.0. The predicted octanol–water partition coefficient (Wildman–Crippen LogP) is 4.05. The van der Waals surface area contributed by atoms with Gasteiger partial charge in [0.05, 0.1) is 5.02 Å². The standard InChI is InChI=1S/C13H10Cl2N2O2S/c14-8-1-2-9(10(15)7-8)11(18)3-4-12(19)17-13-16-5-6-20-13/h1-2,5-7H,3-4H2,(H,16,17,19). The minimum atomic E-state index is -0.251. The van der Waals surface area contributed by atoms with Crippen LogP contribution in [0, 0.1) is 0 Å². The van der Waals surface area contributed by atoms with Gasteiger partial charge in [-0.1, -0.05) is 23.2 Å². The fourth-order valence-electron chi connectivity index (χ4n) is 1.54. The molecule has 7 heteroatoms. The number of amides is 1. The fourth-order valence-corrected chi connectivity index (χ4v) is 2.60. The van der Waals surface area contributed by atoms with Crippen LogP contribution >= 0.6 is 34.5 Å². The van der Waals surface area contributed by atoms with E-state index in [2.05, 4.69) is 10.3 Å². The van der Waals surface area contributed by atoms with Crippen molar-refractivity contribution in [1.82, 2.24) is 4.98 Å². The summed E-state index contributed by atoms with van der Waals surface area (Å²) in [5.41, 5.74) is 0.373. The van der Waals surface area contributed by atoms with Crippen molar-refractivity contribution in [2.24, 2.45) is 0 Å². The van der Waals surface area contributed by atoms with Gasteiger partial charge < -0.3 is 5.32 Å². The average Bonchev–Trinajstić information content (AvgIpc) is 2.89. The van der Waals surface area contributed by atoms with E-state index in [1.54, 1.807) is 23.7 Å². The normalized spacial score (nSPS) is 10.3. The zero-order valence-electron chi connectivity index (χ0n) is 10.2. The van der Waals surface area contributed by atoms with Crippen LogP contribution in [0.5, 0.6) is 0 Å². The van der Waals surface area contributed by atoms with Crippen molar-refractivity contribution >= 4 is 51.4 Å². The zero-order chi connectivity index (χ0) is 14.5. The molecule has 4 nitrogen and oxygen atoms in total. The Hall–Kier alpha value is -1.43. The third-order valence-electron chi connectivity index (χ3n) is 2.49. The van der Waals surface area contributed by atoms with Crippen LogP contribution < -0.4 is 5.32 Å². The van der Waals surface area contributed by atoms with Crippen molar-refractivity contribution in [3.05, 3.63) is 45.4 Å². The fraction of sp³-hybridized carbons (Fsp3) is 0.154. The first-order chi connectivity index (χ1) is 9.56. The van der Waals surface area contributed by atoms with E-state index in [4.69, 9.17) is 23.2 Å². The lowest BCUT2D eigenvalue weighted by molar-refractivity contribution is -0.116.